The number of ether oxygens (including phenoxy) is 2. The highest BCUT2D eigenvalue weighted by Gasteiger charge is 2.12. The van der Waals surface area contributed by atoms with Crippen molar-refractivity contribution in [2.24, 2.45) is 0 Å². The lowest BCUT2D eigenvalue weighted by atomic mass is 10.2. The molecule has 0 amide bonds. The number of nitrogens with zero attached hydrogens (tertiary/aromatic N) is 4. The Morgan fingerprint density at radius 1 is 1.35 bits per heavy atom. The van der Waals surface area contributed by atoms with Crippen LogP contribution in [0.4, 0.5) is 0 Å². The van der Waals surface area contributed by atoms with E-state index >= 15 is 0 Å². The lowest BCUT2D eigenvalue weighted by Crippen LogP contribution is -2.02. The molecule has 0 saturated heterocycles. The zero-order chi connectivity index (χ0) is 14.4. The van der Waals surface area contributed by atoms with Crippen LogP contribution in [0.25, 0.3) is 11.4 Å². The van der Waals surface area contributed by atoms with Crippen LogP contribution in [0.1, 0.15) is 13.3 Å². The Kier molecular flexibility index (Phi) is 4.56. The van der Waals surface area contributed by atoms with Crippen molar-refractivity contribution < 1.29 is 9.47 Å². The van der Waals surface area contributed by atoms with E-state index in [1.165, 1.54) is 0 Å². The maximum Gasteiger partial charge on any atom is 0.183 e. The maximum absolute atomic E-state index is 5.61. The summed E-state index contributed by atoms with van der Waals surface area (Å²) in [6.45, 7) is 3.01. The number of tetrazole rings is 1. The van der Waals surface area contributed by atoms with Gasteiger partial charge in [0.2, 0.25) is 0 Å². The number of methoxy groups -OCH3 is 1. The Labute approximate surface area is 117 Å². The number of benzene rings is 1. The minimum absolute atomic E-state index is 0.318. The molecule has 0 aliphatic carbocycles. The van der Waals surface area contributed by atoms with Gasteiger partial charge < -0.3 is 9.47 Å². The minimum Gasteiger partial charge on any atom is -0.493 e. The van der Waals surface area contributed by atoms with Gasteiger partial charge in [0.25, 0.3) is 0 Å². The van der Waals surface area contributed by atoms with Gasteiger partial charge in [0, 0.05) is 5.56 Å². The molecule has 0 radical (unpaired) electrons. The van der Waals surface area contributed by atoms with Crippen LogP contribution in [0.3, 0.4) is 0 Å². The lowest BCUT2D eigenvalue weighted by molar-refractivity contribution is 0.294. The highest BCUT2D eigenvalue weighted by molar-refractivity contribution is 5.61. The molecule has 0 aliphatic heterocycles. The Bertz CT molecular complexity index is 616. The fourth-order valence-corrected chi connectivity index (χ4v) is 1.74. The fraction of sp³-hybridized carbons (Fsp3) is 0.357. The van der Waals surface area contributed by atoms with E-state index in [4.69, 9.17) is 15.9 Å². The van der Waals surface area contributed by atoms with Crippen LogP contribution in [0, 0.1) is 12.3 Å². The molecule has 0 spiro atoms. The van der Waals surface area contributed by atoms with E-state index in [9.17, 15) is 0 Å². The second-order valence-electron chi connectivity index (χ2n) is 4.08. The van der Waals surface area contributed by atoms with Crippen LogP contribution in [0.15, 0.2) is 18.2 Å². The van der Waals surface area contributed by atoms with Crippen LogP contribution in [-0.4, -0.2) is 33.9 Å². The average Bonchev–Trinajstić information content (AvgIpc) is 2.93. The first kappa shape index (κ1) is 13.9. The summed E-state index contributed by atoms with van der Waals surface area (Å²) in [5.74, 6) is 4.46. The third-order valence-corrected chi connectivity index (χ3v) is 2.66. The summed E-state index contributed by atoms with van der Waals surface area (Å²) in [5, 5.41) is 11.5. The molecule has 0 aliphatic rings. The number of rotatable bonds is 6. The predicted molar refractivity (Wildman–Crippen MR) is 74.4 cm³/mol. The van der Waals surface area contributed by atoms with E-state index in [1.54, 1.807) is 11.8 Å². The lowest BCUT2D eigenvalue weighted by Gasteiger charge is -2.11. The first-order valence-corrected chi connectivity index (χ1v) is 6.31. The monoisotopic (exact) mass is 272 g/mol. The summed E-state index contributed by atoms with van der Waals surface area (Å²) in [4.78, 5) is 0. The zero-order valence-electron chi connectivity index (χ0n) is 11.5. The molecule has 20 heavy (non-hydrogen) atoms. The molecule has 0 saturated carbocycles. The van der Waals surface area contributed by atoms with Gasteiger partial charge in [0.15, 0.2) is 17.3 Å². The first-order valence-electron chi connectivity index (χ1n) is 6.31. The largest absolute Gasteiger partial charge is 0.493 e. The van der Waals surface area contributed by atoms with Gasteiger partial charge in [0.1, 0.15) is 6.54 Å². The molecule has 0 N–H and O–H groups in total. The van der Waals surface area contributed by atoms with E-state index in [-0.39, 0.29) is 0 Å². The summed E-state index contributed by atoms with van der Waals surface area (Å²) in [5.41, 5.74) is 0.825. The molecule has 2 rings (SSSR count). The van der Waals surface area contributed by atoms with E-state index in [2.05, 4.69) is 28.4 Å². The molecule has 0 atom stereocenters. The van der Waals surface area contributed by atoms with Gasteiger partial charge in [-0.05, 0) is 35.0 Å². The molecule has 2 aromatic rings. The molecular formula is C14H16N4O2. The third kappa shape index (κ3) is 2.88. The molecule has 1 aromatic carbocycles. The Morgan fingerprint density at radius 2 is 2.20 bits per heavy atom. The van der Waals surface area contributed by atoms with Gasteiger partial charge >= 0.3 is 0 Å². The van der Waals surface area contributed by atoms with Gasteiger partial charge in [-0.2, -0.15) is 0 Å². The SMILES string of the molecule is C#CCn1nnnc1-c1ccc(OCCC)c(OC)c1. The van der Waals surface area contributed by atoms with E-state index in [1.807, 2.05) is 18.2 Å². The van der Waals surface area contributed by atoms with Crippen molar-refractivity contribution in [2.45, 2.75) is 19.9 Å². The molecule has 1 aromatic heterocycles. The summed E-state index contributed by atoms with van der Waals surface area (Å²) in [7, 11) is 1.60. The summed E-state index contributed by atoms with van der Waals surface area (Å²) >= 11 is 0. The van der Waals surface area contributed by atoms with Crippen molar-refractivity contribution in [3.8, 4) is 35.2 Å². The van der Waals surface area contributed by atoms with Crippen LogP contribution >= 0.6 is 0 Å². The number of hydrogen-bond acceptors (Lipinski definition) is 5. The third-order valence-electron chi connectivity index (χ3n) is 2.66. The average molecular weight is 272 g/mol. The summed E-state index contributed by atoms with van der Waals surface area (Å²) < 4.78 is 12.5. The quantitative estimate of drug-likeness (QED) is 0.750. The summed E-state index contributed by atoms with van der Waals surface area (Å²) in [6, 6.07) is 5.56. The van der Waals surface area contributed by atoms with Gasteiger partial charge in [-0.1, -0.05) is 12.8 Å². The van der Waals surface area contributed by atoms with E-state index in [0.717, 1.165) is 12.0 Å². The van der Waals surface area contributed by atoms with E-state index < -0.39 is 0 Å². The molecule has 0 unspecified atom stereocenters. The highest BCUT2D eigenvalue weighted by Crippen LogP contribution is 2.31. The second-order valence-corrected chi connectivity index (χ2v) is 4.08. The standard InChI is InChI=1S/C14H16N4O2/c1-4-8-18-14(15-16-17-18)11-6-7-12(20-9-5-2)13(10-11)19-3/h1,6-7,10H,5,8-9H2,2-3H3. The smallest absolute Gasteiger partial charge is 0.183 e. The minimum atomic E-state index is 0.318. The second kappa shape index (κ2) is 6.57. The van der Waals surface area contributed by atoms with E-state index in [0.29, 0.717) is 30.5 Å². The van der Waals surface area contributed by atoms with Crippen LogP contribution in [0.2, 0.25) is 0 Å². The molecule has 104 valence electrons. The van der Waals surface area contributed by atoms with Crippen molar-refractivity contribution in [2.75, 3.05) is 13.7 Å². The first-order chi connectivity index (χ1) is 9.80. The fourth-order valence-electron chi connectivity index (χ4n) is 1.74. The molecule has 1 heterocycles. The predicted octanol–water partition coefficient (Wildman–Crippen LogP) is 1.77. The van der Waals surface area contributed by atoms with Crippen molar-refractivity contribution in [3.05, 3.63) is 18.2 Å². The molecule has 6 nitrogen and oxygen atoms in total. The van der Waals surface area contributed by atoms with Crippen LogP contribution in [0.5, 0.6) is 11.5 Å². The highest BCUT2D eigenvalue weighted by atomic mass is 16.5. The number of hydrogen-bond donors (Lipinski definition) is 0. The molecule has 6 heteroatoms. The van der Waals surface area contributed by atoms with Crippen molar-refractivity contribution >= 4 is 0 Å². The maximum atomic E-state index is 5.61. The Balaban J connectivity index is 2.33. The van der Waals surface area contributed by atoms with Gasteiger partial charge in [-0.25, -0.2) is 4.68 Å². The van der Waals surface area contributed by atoms with Gasteiger partial charge in [-0.15, -0.1) is 11.5 Å². The Morgan fingerprint density at radius 3 is 2.90 bits per heavy atom. The van der Waals surface area contributed by atoms with Crippen LogP contribution < -0.4 is 9.47 Å². The number of aromatic nitrogens is 4. The number of terminal acetylenes is 1. The van der Waals surface area contributed by atoms with Gasteiger partial charge in [-0.3, -0.25) is 0 Å². The van der Waals surface area contributed by atoms with Gasteiger partial charge in [0.05, 0.1) is 13.7 Å². The van der Waals surface area contributed by atoms with Crippen molar-refractivity contribution in [3.63, 3.8) is 0 Å². The Hall–Kier alpha value is -2.55. The molecule has 0 fully saturated rings. The molecule has 0 bridgehead atoms. The summed E-state index contributed by atoms with van der Waals surface area (Å²) in [6.07, 6.45) is 6.23. The van der Waals surface area contributed by atoms with Crippen molar-refractivity contribution in [1.82, 2.24) is 20.2 Å². The zero-order valence-corrected chi connectivity index (χ0v) is 11.5. The topological polar surface area (TPSA) is 62.1 Å². The molecular weight excluding hydrogens is 256 g/mol. The normalized spacial score (nSPS) is 10.1. The van der Waals surface area contributed by atoms with Crippen LogP contribution in [-0.2, 0) is 6.54 Å². The van der Waals surface area contributed by atoms with Crippen molar-refractivity contribution in [1.29, 1.82) is 0 Å².